The maximum absolute atomic E-state index is 12.3. The van der Waals surface area contributed by atoms with E-state index >= 15 is 0 Å². The molecule has 1 amide bonds. The van der Waals surface area contributed by atoms with Gasteiger partial charge in [0.05, 0.1) is 16.9 Å². The van der Waals surface area contributed by atoms with E-state index in [4.69, 9.17) is 17.4 Å². The number of hydrogen-bond acceptors (Lipinski definition) is 3. The van der Waals surface area contributed by atoms with Crippen molar-refractivity contribution in [1.29, 1.82) is 0 Å². The van der Waals surface area contributed by atoms with Crippen molar-refractivity contribution in [3.05, 3.63) is 57.0 Å². The van der Waals surface area contributed by atoms with Gasteiger partial charge in [-0.2, -0.15) is 0 Å². The lowest BCUT2D eigenvalue weighted by molar-refractivity contribution is 0.102. The zero-order chi connectivity index (χ0) is 14.7. The smallest absolute Gasteiger partial charge is 0.257 e. The van der Waals surface area contributed by atoms with Crippen molar-refractivity contribution in [3.63, 3.8) is 0 Å². The predicted octanol–water partition coefficient (Wildman–Crippen LogP) is 3.95. The molecule has 0 heterocycles. The van der Waals surface area contributed by atoms with Crippen molar-refractivity contribution in [2.45, 2.75) is 6.92 Å². The van der Waals surface area contributed by atoms with Crippen molar-refractivity contribution in [2.24, 2.45) is 5.84 Å². The van der Waals surface area contributed by atoms with Crippen LogP contribution in [0, 0.1) is 6.92 Å². The molecule has 0 spiro atoms. The minimum Gasteiger partial charge on any atom is -0.323 e. The fourth-order valence-corrected chi connectivity index (χ4v) is 2.54. The molecule has 0 aliphatic rings. The molecule has 0 saturated carbocycles. The molecular weight excluding hydrogens is 342 g/mol. The molecule has 0 unspecified atom stereocenters. The van der Waals surface area contributed by atoms with Gasteiger partial charge in [0, 0.05) is 9.50 Å². The third-order valence-electron chi connectivity index (χ3n) is 2.75. The highest BCUT2D eigenvalue weighted by atomic mass is 79.9. The number of carbonyl (C=O) groups is 1. The van der Waals surface area contributed by atoms with Crippen LogP contribution in [-0.2, 0) is 0 Å². The number of nitrogen functional groups attached to an aromatic ring is 1. The highest BCUT2D eigenvalue weighted by Crippen LogP contribution is 2.27. The van der Waals surface area contributed by atoms with E-state index in [1.807, 2.05) is 19.1 Å². The van der Waals surface area contributed by atoms with Crippen molar-refractivity contribution >= 4 is 44.8 Å². The van der Waals surface area contributed by atoms with Crippen LogP contribution in [0.2, 0.25) is 5.02 Å². The predicted molar refractivity (Wildman–Crippen MR) is 86.1 cm³/mol. The van der Waals surface area contributed by atoms with Gasteiger partial charge in [0.1, 0.15) is 0 Å². The number of amides is 1. The standard InChI is InChI=1S/C14H13BrClN3O/c1-8-2-4-10(13(6-8)19-17)14(20)18-12-5-3-9(16)7-11(12)15/h2-7,19H,17H2,1H3,(H,18,20). The first kappa shape index (κ1) is 14.8. The highest BCUT2D eigenvalue weighted by Gasteiger charge is 2.12. The van der Waals surface area contributed by atoms with Crippen LogP contribution in [0.15, 0.2) is 40.9 Å². The third kappa shape index (κ3) is 3.30. The number of carbonyl (C=O) groups excluding carboxylic acids is 1. The van der Waals surface area contributed by atoms with Crippen LogP contribution in [0.4, 0.5) is 11.4 Å². The van der Waals surface area contributed by atoms with Gasteiger partial charge in [-0.15, -0.1) is 0 Å². The molecule has 0 radical (unpaired) electrons. The average molecular weight is 355 g/mol. The van der Waals surface area contributed by atoms with Gasteiger partial charge in [0.15, 0.2) is 0 Å². The number of nitrogens with one attached hydrogen (secondary N) is 2. The van der Waals surface area contributed by atoms with Gasteiger partial charge in [0.2, 0.25) is 0 Å². The summed E-state index contributed by atoms with van der Waals surface area (Å²) >= 11 is 9.22. The van der Waals surface area contributed by atoms with Crippen molar-refractivity contribution < 1.29 is 4.79 Å². The second-order valence-electron chi connectivity index (χ2n) is 4.27. The van der Waals surface area contributed by atoms with E-state index < -0.39 is 0 Å². The average Bonchev–Trinajstić information content (AvgIpc) is 2.41. The number of halogens is 2. The van der Waals surface area contributed by atoms with Gasteiger partial charge in [-0.25, -0.2) is 0 Å². The Morgan fingerprint density at radius 2 is 1.95 bits per heavy atom. The first-order chi connectivity index (χ1) is 9.51. The number of benzene rings is 2. The fourth-order valence-electron chi connectivity index (χ4n) is 1.76. The number of aryl methyl sites for hydroxylation is 1. The minimum atomic E-state index is -0.249. The molecule has 2 rings (SSSR count). The van der Waals surface area contributed by atoms with Gasteiger partial charge < -0.3 is 10.7 Å². The lowest BCUT2D eigenvalue weighted by Gasteiger charge is -2.11. The van der Waals surface area contributed by atoms with Crippen molar-refractivity contribution in [3.8, 4) is 0 Å². The fraction of sp³-hybridized carbons (Fsp3) is 0.0714. The molecule has 6 heteroatoms. The summed E-state index contributed by atoms with van der Waals surface area (Å²) in [5.74, 6) is 5.19. The van der Waals surface area contributed by atoms with E-state index in [2.05, 4.69) is 26.7 Å². The number of nitrogens with two attached hydrogens (primary N) is 1. The number of hydrogen-bond donors (Lipinski definition) is 3. The normalized spacial score (nSPS) is 10.2. The van der Waals surface area contributed by atoms with Gasteiger partial charge in [-0.1, -0.05) is 17.7 Å². The SMILES string of the molecule is Cc1ccc(C(=O)Nc2ccc(Cl)cc2Br)c(NN)c1. The Bertz CT molecular complexity index is 661. The molecule has 0 fully saturated rings. The molecule has 104 valence electrons. The maximum atomic E-state index is 12.3. The van der Waals surface area contributed by atoms with Crippen LogP contribution in [0.5, 0.6) is 0 Å². The van der Waals surface area contributed by atoms with Crippen LogP contribution in [0.3, 0.4) is 0 Å². The highest BCUT2D eigenvalue weighted by molar-refractivity contribution is 9.10. The Morgan fingerprint density at radius 3 is 2.60 bits per heavy atom. The van der Waals surface area contributed by atoms with E-state index in [1.54, 1.807) is 24.3 Å². The molecule has 0 aromatic heterocycles. The molecule has 0 bridgehead atoms. The number of anilines is 2. The Balaban J connectivity index is 2.28. The Hall–Kier alpha value is -1.56. The van der Waals surface area contributed by atoms with Crippen molar-refractivity contribution in [2.75, 3.05) is 10.7 Å². The maximum Gasteiger partial charge on any atom is 0.257 e. The topological polar surface area (TPSA) is 67.2 Å². The molecule has 20 heavy (non-hydrogen) atoms. The van der Waals surface area contributed by atoms with Crippen LogP contribution in [-0.4, -0.2) is 5.91 Å². The van der Waals surface area contributed by atoms with Gasteiger partial charge in [-0.05, 0) is 58.7 Å². The Morgan fingerprint density at radius 1 is 1.20 bits per heavy atom. The van der Waals surface area contributed by atoms with Crippen LogP contribution in [0.1, 0.15) is 15.9 Å². The van der Waals surface area contributed by atoms with Gasteiger partial charge in [0.25, 0.3) is 5.91 Å². The second kappa shape index (κ2) is 6.26. The summed E-state index contributed by atoms with van der Waals surface area (Å²) in [6, 6.07) is 10.5. The summed E-state index contributed by atoms with van der Waals surface area (Å²) in [7, 11) is 0. The summed E-state index contributed by atoms with van der Waals surface area (Å²) in [4.78, 5) is 12.3. The van der Waals surface area contributed by atoms with Gasteiger partial charge in [-0.3, -0.25) is 10.6 Å². The Kier molecular flexibility index (Phi) is 4.65. The molecule has 0 atom stereocenters. The minimum absolute atomic E-state index is 0.249. The lowest BCUT2D eigenvalue weighted by Crippen LogP contribution is -2.17. The van der Waals surface area contributed by atoms with E-state index in [0.717, 1.165) is 5.56 Å². The summed E-state index contributed by atoms with van der Waals surface area (Å²) in [5, 5.41) is 3.40. The van der Waals surface area contributed by atoms with Gasteiger partial charge >= 0.3 is 0 Å². The zero-order valence-electron chi connectivity index (χ0n) is 10.7. The summed E-state index contributed by atoms with van der Waals surface area (Å²) < 4.78 is 0.715. The molecule has 2 aromatic carbocycles. The Labute approximate surface area is 130 Å². The van der Waals surface area contributed by atoms with E-state index in [9.17, 15) is 4.79 Å². The first-order valence-corrected chi connectivity index (χ1v) is 7.02. The second-order valence-corrected chi connectivity index (χ2v) is 5.56. The van der Waals surface area contributed by atoms with Crippen LogP contribution < -0.4 is 16.6 Å². The van der Waals surface area contributed by atoms with Crippen LogP contribution >= 0.6 is 27.5 Å². The molecule has 0 aliphatic carbocycles. The molecule has 0 aliphatic heterocycles. The quantitative estimate of drug-likeness (QED) is 0.577. The van der Waals surface area contributed by atoms with E-state index in [0.29, 0.717) is 26.4 Å². The largest absolute Gasteiger partial charge is 0.323 e. The first-order valence-electron chi connectivity index (χ1n) is 5.85. The van der Waals surface area contributed by atoms with Crippen molar-refractivity contribution in [1.82, 2.24) is 0 Å². The molecule has 2 aromatic rings. The molecule has 4 N–H and O–H groups in total. The van der Waals surface area contributed by atoms with Crippen LogP contribution in [0.25, 0.3) is 0 Å². The van der Waals surface area contributed by atoms with E-state index in [-0.39, 0.29) is 5.91 Å². The molecular formula is C14H13BrClN3O. The zero-order valence-corrected chi connectivity index (χ0v) is 13.0. The summed E-state index contributed by atoms with van der Waals surface area (Å²) in [5.41, 5.74) is 5.24. The molecule has 0 saturated heterocycles. The summed E-state index contributed by atoms with van der Waals surface area (Å²) in [6.45, 7) is 1.93. The molecule has 4 nitrogen and oxygen atoms in total. The third-order valence-corrected chi connectivity index (χ3v) is 3.65. The number of rotatable bonds is 3. The monoisotopic (exact) mass is 353 g/mol. The van der Waals surface area contributed by atoms with E-state index in [1.165, 1.54) is 0 Å². The number of hydrazine groups is 1. The summed E-state index contributed by atoms with van der Waals surface area (Å²) in [6.07, 6.45) is 0. The lowest BCUT2D eigenvalue weighted by atomic mass is 10.1.